The summed E-state index contributed by atoms with van der Waals surface area (Å²) in [4.78, 5) is 0. The number of halogens is 2. The molecule has 0 unspecified atom stereocenters. The molecule has 5 N–H and O–H groups in total. The van der Waals surface area contributed by atoms with Gasteiger partial charge in [0.25, 0.3) is 0 Å². The topological polar surface area (TPSA) is 130 Å². The highest BCUT2D eigenvalue weighted by molar-refractivity contribution is 6.50. The van der Waals surface area contributed by atoms with Gasteiger partial charge in [-0.2, -0.15) is 0 Å². The minimum atomic E-state index is 0.0725. The molecule has 0 saturated heterocycles. The van der Waals surface area contributed by atoms with Gasteiger partial charge in [0.15, 0.2) is 0 Å². The van der Waals surface area contributed by atoms with Gasteiger partial charge >= 0.3 is 0 Å². The molecular formula is C30H29Cl2N3O5. The fraction of sp³-hybridized carbons (Fsp3) is 0.200. The van der Waals surface area contributed by atoms with Gasteiger partial charge in [0, 0.05) is 42.3 Å². The van der Waals surface area contributed by atoms with Crippen molar-refractivity contribution >= 4 is 34.6 Å². The molecule has 0 saturated carbocycles. The fourth-order valence-electron chi connectivity index (χ4n) is 3.98. The van der Waals surface area contributed by atoms with E-state index < -0.39 is 0 Å². The summed E-state index contributed by atoms with van der Waals surface area (Å²) in [5.74, 6) is 1.61. The number of allylic oxidation sites excluding steroid dienone is 2. The van der Waals surface area contributed by atoms with Crippen LogP contribution in [0.15, 0.2) is 83.6 Å². The Labute approximate surface area is 242 Å². The van der Waals surface area contributed by atoms with Crippen LogP contribution in [-0.4, -0.2) is 41.6 Å². The second-order valence-electron chi connectivity index (χ2n) is 8.86. The van der Waals surface area contributed by atoms with Crippen molar-refractivity contribution in [2.75, 3.05) is 19.8 Å². The molecule has 0 spiro atoms. The zero-order valence-electron chi connectivity index (χ0n) is 21.6. The first-order valence-corrected chi connectivity index (χ1v) is 13.3. The summed E-state index contributed by atoms with van der Waals surface area (Å²) >= 11 is 13.3. The molecule has 0 amide bonds. The number of benzene rings is 3. The van der Waals surface area contributed by atoms with Crippen LogP contribution in [0.1, 0.15) is 17.5 Å². The minimum absolute atomic E-state index is 0.0725. The lowest BCUT2D eigenvalue weighted by atomic mass is 10.0. The number of rotatable bonds is 12. The van der Waals surface area contributed by atoms with Crippen LogP contribution < -0.4 is 19.9 Å². The third kappa shape index (κ3) is 7.22. The number of aliphatic hydroxyl groups excluding tert-OH is 1. The number of ether oxygens (including phenoxy) is 3. The SMILES string of the molecule is N=C1C=C(COc2cc(OCc3cccc(-c4cccc(OCCCO)c4)c3Cl)c(Cl)cc2CN)C=C/C1=N/O. The lowest BCUT2D eigenvalue weighted by Gasteiger charge is -2.17. The summed E-state index contributed by atoms with van der Waals surface area (Å²) in [6.07, 6.45) is 5.38. The second kappa shape index (κ2) is 14.0. The number of nitrogens with zero attached hydrogens (tertiary/aromatic N) is 1. The molecule has 3 aromatic rings. The first kappa shape index (κ1) is 29.2. The molecule has 1 aliphatic rings. The number of aliphatic hydroxyl groups is 1. The van der Waals surface area contributed by atoms with E-state index in [9.17, 15) is 0 Å². The summed E-state index contributed by atoms with van der Waals surface area (Å²) in [5, 5.41) is 29.8. The Kier molecular flexibility index (Phi) is 10.2. The Morgan fingerprint density at radius 2 is 1.70 bits per heavy atom. The van der Waals surface area contributed by atoms with Crippen molar-refractivity contribution in [3.8, 4) is 28.4 Å². The second-order valence-corrected chi connectivity index (χ2v) is 9.64. The van der Waals surface area contributed by atoms with Crippen molar-refractivity contribution in [1.82, 2.24) is 0 Å². The van der Waals surface area contributed by atoms with Gasteiger partial charge in [0.1, 0.15) is 36.2 Å². The van der Waals surface area contributed by atoms with E-state index in [-0.39, 0.29) is 37.8 Å². The van der Waals surface area contributed by atoms with Gasteiger partial charge < -0.3 is 30.3 Å². The highest BCUT2D eigenvalue weighted by atomic mass is 35.5. The molecule has 0 fully saturated rings. The number of hydrogen-bond donors (Lipinski definition) is 4. The van der Waals surface area contributed by atoms with Crippen LogP contribution >= 0.6 is 23.2 Å². The van der Waals surface area contributed by atoms with Crippen molar-refractivity contribution in [3.05, 3.63) is 99.6 Å². The lowest BCUT2D eigenvalue weighted by Crippen LogP contribution is -2.14. The number of hydrogen-bond acceptors (Lipinski definition) is 8. The molecule has 208 valence electrons. The molecule has 40 heavy (non-hydrogen) atoms. The normalized spacial score (nSPS) is 13.8. The van der Waals surface area contributed by atoms with Crippen molar-refractivity contribution in [2.24, 2.45) is 10.9 Å². The van der Waals surface area contributed by atoms with Gasteiger partial charge in [-0.25, -0.2) is 0 Å². The summed E-state index contributed by atoms with van der Waals surface area (Å²) in [6, 6.07) is 16.7. The van der Waals surface area contributed by atoms with Gasteiger partial charge in [-0.3, -0.25) is 5.41 Å². The van der Waals surface area contributed by atoms with E-state index in [0.717, 1.165) is 22.3 Å². The van der Waals surface area contributed by atoms with Gasteiger partial charge in [0.2, 0.25) is 0 Å². The highest BCUT2D eigenvalue weighted by Crippen LogP contribution is 2.36. The van der Waals surface area contributed by atoms with Gasteiger partial charge in [-0.05, 0) is 41.5 Å². The molecule has 1 aliphatic carbocycles. The third-order valence-corrected chi connectivity index (χ3v) is 6.82. The molecule has 3 aromatic carbocycles. The molecule has 0 bridgehead atoms. The lowest BCUT2D eigenvalue weighted by molar-refractivity contribution is 0.233. The predicted octanol–water partition coefficient (Wildman–Crippen LogP) is 6.18. The molecule has 0 atom stereocenters. The smallest absolute Gasteiger partial charge is 0.142 e. The van der Waals surface area contributed by atoms with Crippen LogP contribution in [0.3, 0.4) is 0 Å². The molecule has 4 rings (SSSR count). The molecule has 0 radical (unpaired) electrons. The van der Waals surface area contributed by atoms with Crippen molar-refractivity contribution in [1.29, 1.82) is 5.41 Å². The van der Waals surface area contributed by atoms with E-state index >= 15 is 0 Å². The summed E-state index contributed by atoms with van der Waals surface area (Å²) in [5.41, 5.74) is 10.1. The molecule has 8 nitrogen and oxygen atoms in total. The average Bonchev–Trinajstić information content (AvgIpc) is 2.96. The summed E-state index contributed by atoms with van der Waals surface area (Å²) < 4.78 is 17.8. The fourth-order valence-corrected chi connectivity index (χ4v) is 4.51. The van der Waals surface area contributed by atoms with E-state index in [1.165, 1.54) is 0 Å². The Bertz CT molecular complexity index is 1470. The van der Waals surface area contributed by atoms with E-state index in [1.807, 2.05) is 42.5 Å². The van der Waals surface area contributed by atoms with Crippen LogP contribution in [0.2, 0.25) is 10.0 Å². The number of oxime groups is 1. The standard InChI is InChI=1S/C30H29Cl2N3O5/c31-25-14-22(16-33)28(39-17-19-8-9-27(35-37)26(34)12-19)15-29(25)40-18-21-5-2-7-24(30(21)32)20-4-1-6-23(13-20)38-11-3-10-36/h1-2,4-9,12-15,34,36-37H,3,10-11,16-18,33H2/b34-26?,35-27-. The first-order valence-electron chi connectivity index (χ1n) is 12.5. The zero-order valence-corrected chi connectivity index (χ0v) is 23.1. The first-order chi connectivity index (χ1) is 19.4. The number of nitrogens with one attached hydrogen (secondary N) is 1. The summed E-state index contributed by atoms with van der Waals surface area (Å²) in [7, 11) is 0. The Hall–Kier alpha value is -3.82. The molecule has 10 heteroatoms. The van der Waals surface area contributed by atoms with E-state index in [2.05, 4.69) is 5.16 Å². The van der Waals surface area contributed by atoms with Gasteiger partial charge in [-0.1, -0.05) is 64.8 Å². The average molecular weight is 582 g/mol. The maximum Gasteiger partial charge on any atom is 0.142 e. The summed E-state index contributed by atoms with van der Waals surface area (Å²) in [6.45, 7) is 1.03. The Morgan fingerprint density at radius 3 is 2.45 bits per heavy atom. The monoisotopic (exact) mass is 581 g/mol. The quantitative estimate of drug-likeness (QED) is 0.0873. The van der Waals surface area contributed by atoms with Crippen LogP contribution in [-0.2, 0) is 13.2 Å². The highest BCUT2D eigenvalue weighted by Gasteiger charge is 2.15. The zero-order chi connectivity index (χ0) is 28.5. The largest absolute Gasteiger partial charge is 0.493 e. The maximum atomic E-state index is 8.99. The van der Waals surface area contributed by atoms with E-state index in [1.54, 1.807) is 30.4 Å². The van der Waals surface area contributed by atoms with Crippen LogP contribution in [0.4, 0.5) is 0 Å². The van der Waals surface area contributed by atoms with Gasteiger partial charge in [0.05, 0.1) is 22.4 Å². The Balaban J connectivity index is 1.49. The molecule has 0 aliphatic heterocycles. The predicted molar refractivity (Wildman–Crippen MR) is 157 cm³/mol. The van der Waals surface area contributed by atoms with Crippen molar-refractivity contribution in [3.63, 3.8) is 0 Å². The van der Waals surface area contributed by atoms with E-state index in [4.69, 9.17) is 58.9 Å². The number of nitrogens with two attached hydrogens (primary N) is 1. The van der Waals surface area contributed by atoms with Crippen LogP contribution in [0, 0.1) is 5.41 Å². The van der Waals surface area contributed by atoms with Crippen LogP contribution in [0.5, 0.6) is 17.2 Å². The maximum absolute atomic E-state index is 8.99. The Morgan fingerprint density at radius 1 is 0.900 bits per heavy atom. The molecular weight excluding hydrogens is 553 g/mol. The third-order valence-electron chi connectivity index (χ3n) is 6.08. The molecule has 0 heterocycles. The van der Waals surface area contributed by atoms with E-state index in [0.29, 0.717) is 45.9 Å². The van der Waals surface area contributed by atoms with Crippen molar-refractivity contribution < 1.29 is 24.5 Å². The van der Waals surface area contributed by atoms with Gasteiger partial charge in [-0.15, -0.1) is 0 Å². The minimum Gasteiger partial charge on any atom is -0.493 e. The van der Waals surface area contributed by atoms with Crippen LogP contribution in [0.25, 0.3) is 11.1 Å². The van der Waals surface area contributed by atoms with Crippen molar-refractivity contribution in [2.45, 2.75) is 19.6 Å². The molecule has 0 aromatic heterocycles.